The lowest BCUT2D eigenvalue weighted by Crippen LogP contribution is -2.73. The molecule has 0 unspecified atom stereocenters. The minimum absolute atomic E-state index is 0.0388. The predicted molar refractivity (Wildman–Crippen MR) is 115 cm³/mol. The zero-order chi connectivity index (χ0) is 20.7. The number of allylic oxidation sites excluding steroid dienone is 2. The molecule has 2 aromatic carbocycles. The van der Waals surface area contributed by atoms with Crippen LogP contribution in [0.3, 0.4) is 0 Å². The number of amides is 2. The van der Waals surface area contributed by atoms with Crippen LogP contribution in [0.2, 0.25) is 0 Å². The highest BCUT2D eigenvalue weighted by Crippen LogP contribution is 2.43. The maximum atomic E-state index is 12.9. The van der Waals surface area contributed by atoms with E-state index in [-0.39, 0.29) is 43.0 Å². The van der Waals surface area contributed by atoms with Crippen molar-refractivity contribution in [2.24, 2.45) is 0 Å². The van der Waals surface area contributed by atoms with Crippen molar-refractivity contribution in [2.45, 2.75) is 37.3 Å². The maximum Gasteiger partial charge on any atom is 0.254 e. The normalized spacial score (nSPS) is 25.6. The molecule has 5 heteroatoms. The molecule has 1 N–H and O–H groups in total. The van der Waals surface area contributed by atoms with Gasteiger partial charge in [-0.25, -0.2) is 0 Å². The first-order valence-corrected chi connectivity index (χ1v) is 10.7. The molecule has 3 aliphatic rings. The molecule has 2 aliphatic heterocycles. The molecule has 0 bridgehead atoms. The Morgan fingerprint density at radius 3 is 2.50 bits per heavy atom. The lowest BCUT2D eigenvalue weighted by molar-refractivity contribution is -0.159. The van der Waals surface area contributed by atoms with Crippen molar-refractivity contribution in [2.75, 3.05) is 19.7 Å². The van der Waals surface area contributed by atoms with Crippen molar-refractivity contribution in [3.63, 3.8) is 0 Å². The highest BCUT2D eigenvalue weighted by Gasteiger charge is 2.54. The fraction of sp³-hybridized carbons (Fsp3) is 0.360. The number of hydrogen-bond acceptors (Lipinski definition) is 3. The van der Waals surface area contributed by atoms with Crippen molar-refractivity contribution in [1.29, 1.82) is 0 Å². The molecule has 0 radical (unpaired) electrons. The van der Waals surface area contributed by atoms with Gasteiger partial charge in [-0.2, -0.15) is 0 Å². The monoisotopic (exact) mass is 402 g/mol. The minimum atomic E-state index is -0.215. The van der Waals surface area contributed by atoms with Crippen LogP contribution in [0.4, 0.5) is 0 Å². The van der Waals surface area contributed by atoms with Gasteiger partial charge in [-0.1, -0.05) is 48.5 Å². The van der Waals surface area contributed by atoms with E-state index in [1.54, 1.807) is 21.9 Å². The minimum Gasteiger partial charge on any atom is -0.394 e. The van der Waals surface area contributed by atoms with Crippen LogP contribution in [0.5, 0.6) is 0 Å². The first-order valence-electron chi connectivity index (χ1n) is 10.7. The Morgan fingerprint density at radius 1 is 1.07 bits per heavy atom. The highest BCUT2D eigenvalue weighted by molar-refractivity contribution is 5.97. The van der Waals surface area contributed by atoms with Gasteiger partial charge in [0.05, 0.1) is 18.7 Å². The summed E-state index contributed by atoms with van der Waals surface area (Å²) < 4.78 is 0. The Bertz CT molecular complexity index is 983. The standard InChI is InChI=1S/C25H26N2O3/c28-16-22-24(19-12-10-18(11-13-19)17-6-4-5-7-17)21-14-26(15-23(29)27(21)22)25(30)20-8-2-1-3-9-20/h1-3,6,8-13,21-22,24,28H,4-5,7,14-16H2/t21-,22+,24+/m0/s1. The van der Waals surface area contributed by atoms with E-state index in [4.69, 9.17) is 0 Å². The van der Waals surface area contributed by atoms with Gasteiger partial charge in [0.2, 0.25) is 5.91 Å². The zero-order valence-electron chi connectivity index (χ0n) is 16.9. The van der Waals surface area contributed by atoms with Crippen LogP contribution >= 0.6 is 0 Å². The van der Waals surface area contributed by atoms with Gasteiger partial charge in [-0.15, -0.1) is 0 Å². The Balaban J connectivity index is 1.38. The van der Waals surface area contributed by atoms with Gasteiger partial charge in [0.25, 0.3) is 5.91 Å². The molecule has 0 saturated carbocycles. The summed E-state index contributed by atoms with van der Waals surface area (Å²) in [5.74, 6) is -0.159. The molecule has 2 amide bonds. The summed E-state index contributed by atoms with van der Waals surface area (Å²) in [5, 5.41) is 9.97. The second-order valence-electron chi connectivity index (χ2n) is 8.44. The SMILES string of the molecule is O=C(c1ccccc1)N1CC(=O)N2[C@H](CO)[C@H](c3ccc(C4=CCCC4)cc3)[C@@H]2C1. The van der Waals surface area contributed by atoms with Gasteiger partial charge in [-0.05, 0) is 48.1 Å². The Hall–Kier alpha value is -2.92. The average Bonchev–Trinajstić information content (AvgIpc) is 3.30. The van der Waals surface area contributed by atoms with E-state index in [1.807, 2.05) is 18.2 Å². The van der Waals surface area contributed by atoms with E-state index in [1.165, 1.54) is 17.6 Å². The lowest BCUT2D eigenvalue weighted by Gasteiger charge is -2.58. The van der Waals surface area contributed by atoms with E-state index >= 15 is 0 Å². The van der Waals surface area contributed by atoms with Gasteiger partial charge < -0.3 is 14.9 Å². The topological polar surface area (TPSA) is 60.9 Å². The number of rotatable bonds is 4. The number of aliphatic hydroxyl groups excluding tert-OH is 1. The molecular formula is C25H26N2O3. The Kier molecular flexibility index (Phi) is 4.91. The number of piperazine rings is 1. The quantitative estimate of drug-likeness (QED) is 0.855. The number of benzene rings is 2. The van der Waals surface area contributed by atoms with E-state index in [2.05, 4.69) is 30.3 Å². The second kappa shape index (κ2) is 7.73. The number of hydrogen-bond donors (Lipinski definition) is 1. The van der Waals surface area contributed by atoms with Gasteiger partial charge >= 0.3 is 0 Å². The summed E-state index contributed by atoms with van der Waals surface area (Å²) in [5.41, 5.74) is 4.39. The molecule has 2 saturated heterocycles. The molecule has 1 aliphatic carbocycles. The van der Waals surface area contributed by atoms with E-state index in [0.717, 1.165) is 18.4 Å². The van der Waals surface area contributed by atoms with Crippen molar-refractivity contribution in [3.05, 3.63) is 77.4 Å². The predicted octanol–water partition coefficient (Wildman–Crippen LogP) is 3.07. The molecule has 154 valence electrons. The van der Waals surface area contributed by atoms with Crippen molar-refractivity contribution >= 4 is 17.4 Å². The summed E-state index contributed by atoms with van der Waals surface area (Å²) in [6.07, 6.45) is 5.81. The average molecular weight is 402 g/mol. The molecule has 30 heavy (non-hydrogen) atoms. The molecule has 2 fully saturated rings. The number of aliphatic hydroxyl groups is 1. The highest BCUT2D eigenvalue weighted by atomic mass is 16.3. The van der Waals surface area contributed by atoms with E-state index < -0.39 is 0 Å². The number of nitrogens with zero attached hydrogens (tertiary/aromatic N) is 2. The summed E-state index contributed by atoms with van der Waals surface area (Å²) in [6, 6.07) is 17.4. The zero-order valence-corrected chi connectivity index (χ0v) is 16.9. The summed E-state index contributed by atoms with van der Waals surface area (Å²) in [4.78, 5) is 29.1. The first kappa shape index (κ1) is 19.1. The van der Waals surface area contributed by atoms with Crippen LogP contribution in [-0.2, 0) is 4.79 Å². The fourth-order valence-electron chi connectivity index (χ4n) is 5.27. The number of carbonyl (C=O) groups is 2. The molecule has 2 aromatic rings. The molecule has 5 nitrogen and oxygen atoms in total. The van der Waals surface area contributed by atoms with Crippen molar-refractivity contribution in [1.82, 2.24) is 9.80 Å². The van der Waals surface area contributed by atoms with Crippen LogP contribution in [0, 0.1) is 0 Å². The van der Waals surface area contributed by atoms with Crippen LogP contribution in [0.15, 0.2) is 60.7 Å². The molecular weight excluding hydrogens is 376 g/mol. The van der Waals surface area contributed by atoms with Crippen molar-refractivity contribution < 1.29 is 14.7 Å². The summed E-state index contributed by atoms with van der Waals surface area (Å²) in [7, 11) is 0. The van der Waals surface area contributed by atoms with Gasteiger partial charge in [0.1, 0.15) is 6.54 Å². The second-order valence-corrected chi connectivity index (χ2v) is 8.44. The van der Waals surface area contributed by atoms with E-state index in [9.17, 15) is 14.7 Å². The largest absolute Gasteiger partial charge is 0.394 e. The molecule has 5 rings (SSSR count). The van der Waals surface area contributed by atoms with Crippen molar-refractivity contribution in [3.8, 4) is 0 Å². The van der Waals surface area contributed by atoms with Crippen LogP contribution in [0.25, 0.3) is 5.57 Å². The van der Waals surface area contributed by atoms with Crippen LogP contribution < -0.4 is 0 Å². The lowest BCUT2D eigenvalue weighted by atomic mass is 9.73. The van der Waals surface area contributed by atoms with E-state index in [0.29, 0.717) is 12.1 Å². The van der Waals surface area contributed by atoms with Crippen LogP contribution in [0.1, 0.15) is 46.7 Å². The number of carbonyl (C=O) groups excluding carboxylic acids is 2. The van der Waals surface area contributed by atoms with Gasteiger partial charge in [0.15, 0.2) is 0 Å². The third-order valence-electron chi connectivity index (χ3n) is 6.77. The first-order chi connectivity index (χ1) is 14.7. The molecule has 0 aromatic heterocycles. The molecule has 2 heterocycles. The summed E-state index contributed by atoms with van der Waals surface area (Å²) in [6.45, 7) is 0.501. The number of fused-ring (bicyclic) bond motifs is 1. The Labute approximate surface area is 176 Å². The van der Waals surface area contributed by atoms with Gasteiger partial charge in [0, 0.05) is 18.0 Å². The smallest absolute Gasteiger partial charge is 0.254 e. The fourth-order valence-corrected chi connectivity index (χ4v) is 5.27. The molecule has 3 atom stereocenters. The maximum absolute atomic E-state index is 12.9. The Morgan fingerprint density at radius 2 is 1.83 bits per heavy atom. The van der Waals surface area contributed by atoms with Crippen LogP contribution in [-0.4, -0.2) is 58.5 Å². The third-order valence-corrected chi connectivity index (χ3v) is 6.77. The summed E-state index contributed by atoms with van der Waals surface area (Å²) >= 11 is 0. The third kappa shape index (κ3) is 3.14. The molecule has 0 spiro atoms. The van der Waals surface area contributed by atoms with Gasteiger partial charge in [-0.3, -0.25) is 9.59 Å².